The monoisotopic (exact) mass is 287 g/mol. The summed E-state index contributed by atoms with van der Waals surface area (Å²) in [6, 6.07) is 10.8. The smallest absolute Gasteiger partial charge is 0.126 e. The Hall–Kier alpha value is -2.65. The second-order valence-corrected chi connectivity index (χ2v) is 4.34. The van der Waals surface area contributed by atoms with Crippen LogP contribution in [0.4, 0.5) is 10.2 Å². The van der Waals surface area contributed by atoms with Gasteiger partial charge in [-0.1, -0.05) is 0 Å². The number of benzene rings is 1. The molecule has 6 heteroatoms. The van der Waals surface area contributed by atoms with Gasteiger partial charge in [-0.05, 0) is 36.4 Å². The van der Waals surface area contributed by atoms with Crippen molar-refractivity contribution in [3.8, 4) is 11.8 Å². The Kier molecular flexibility index (Phi) is 5.07. The first-order valence-corrected chi connectivity index (χ1v) is 6.34. The third kappa shape index (κ3) is 4.75. The Morgan fingerprint density at radius 1 is 1.29 bits per heavy atom. The molecule has 1 atom stereocenters. The summed E-state index contributed by atoms with van der Waals surface area (Å²) in [5, 5.41) is 21.4. The van der Waals surface area contributed by atoms with Gasteiger partial charge >= 0.3 is 0 Å². The molecular weight excluding hydrogens is 273 g/mol. The Balaban J connectivity index is 1.75. The second kappa shape index (κ2) is 7.22. The lowest BCUT2D eigenvalue weighted by molar-refractivity contribution is 0.117. The van der Waals surface area contributed by atoms with Gasteiger partial charge in [0.25, 0.3) is 0 Å². The van der Waals surface area contributed by atoms with E-state index in [0.717, 1.165) is 0 Å². The summed E-state index contributed by atoms with van der Waals surface area (Å²) in [5.74, 6) is 0.721. The molecule has 0 fully saturated rings. The molecule has 2 N–H and O–H groups in total. The molecule has 0 spiro atoms. The number of nitriles is 1. The molecule has 0 amide bonds. The summed E-state index contributed by atoms with van der Waals surface area (Å²) in [6.07, 6.45) is 0.705. The summed E-state index contributed by atoms with van der Waals surface area (Å²) >= 11 is 0. The fraction of sp³-hybridized carbons (Fsp3) is 0.200. The van der Waals surface area contributed by atoms with Crippen molar-refractivity contribution < 1.29 is 14.2 Å². The number of hydrogen-bond acceptors (Lipinski definition) is 5. The van der Waals surface area contributed by atoms with Gasteiger partial charge < -0.3 is 15.2 Å². The first-order valence-electron chi connectivity index (χ1n) is 6.34. The molecule has 2 aromatic rings. The van der Waals surface area contributed by atoms with Crippen LogP contribution in [0.1, 0.15) is 5.56 Å². The van der Waals surface area contributed by atoms with Gasteiger partial charge in [0, 0.05) is 12.7 Å². The van der Waals surface area contributed by atoms with Crippen molar-refractivity contribution in [2.24, 2.45) is 0 Å². The highest BCUT2D eigenvalue weighted by Crippen LogP contribution is 2.11. The summed E-state index contributed by atoms with van der Waals surface area (Å²) < 4.78 is 18.0. The van der Waals surface area contributed by atoms with Crippen molar-refractivity contribution in [2.75, 3.05) is 18.5 Å². The molecular formula is C15H14FN3O2. The topological polar surface area (TPSA) is 78.2 Å². The van der Waals surface area contributed by atoms with Crippen LogP contribution in [0.15, 0.2) is 42.6 Å². The minimum absolute atomic E-state index is 0.0783. The molecule has 21 heavy (non-hydrogen) atoms. The second-order valence-electron chi connectivity index (χ2n) is 4.34. The van der Waals surface area contributed by atoms with Gasteiger partial charge in [0.1, 0.15) is 36.2 Å². The molecule has 1 aromatic carbocycles. The highest BCUT2D eigenvalue weighted by Gasteiger charge is 2.06. The number of halogens is 1. The van der Waals surface area contributed by atoms with Crippen molar-refractivity contribution in [3.05, 3.63) is 54.0 Å². The van der Waals surface area contributed by atoms with E-state index in [1.165, 1.54) is 30.5 Å². The Bertz CT molecular complexity index is 608. The molecule has 0 aliphatic carbocycles. The normalized spacial score (nSPS) is 11.5. The standard InChI is InChI=1S/C15H14FN3O2/c16-12-2-4-14(5-3-12)21-10-13(20)9-19-15-6-1-11(7-17)8-18-15/h1-6,8,13,20H,9-10H2,(H,18,19). The Morgan fingerprint density at radius 2 is 2.05 bits per heavy atom. The largest absolute Gasteiger partial charge is 0.491 e. The maximum absolute atomic E-state index is 12.7. The van der Waals surface area contributed by atoms with E-state index < -0.39 is 6.10 Å². The Morgan fingerprint density at radius 3 is 2.67 bits per heavy atom. The molecule has 0 bridgehead atoms. The fourth-order valence-electron chi connectivity index (χ4n) is 1.57. The molecule has 2 rings (SSSR count). The van der Waals surface area contributed by atoms with Gasteiger partial charge in [-0.25, -0.2) is 9.37 Å². The lowest BCUT2D eigenvalue weighted by atomic mass is 10.3. The van der Waals surface area contributed by atoms with Crippen LogP contribution in [-0.4, -0.2) is 29.3 Å². The third-order valence-electron chi connectivity index (χ3n) is 2.67. The van der Waals surface area contributed by atoms with Crippen molar-refractivity contribution >= 4 is 5.82 Å². The van der Waals surface area contributed by atoms with Crippen LogP contribution in [0.3, 0.4) is 0 Å². The third-order valence-corrected chi connectivity index (χ3v) is 2.67. The number of pyridine rings is 1. The lowest BCUT2D eigenvalue weighted by Crippen LogP contribution is -2.26. The summed E-state index contributed by atoms with van der Waals surface area (Å²) in [6.45, 7) is 0.328. The molecule has 0 aliphatic rings. The molecule has 108 valence electrons. The van der Waals surface area contributed by atoms with E-state index in [1.54, 1.807) is 12.1 Å². The number of aliphatic hydroxyl groups excluding tert-OH is 1. The number of anilines is 1. The zero-order valence-corrected chi connectivity index (χ0v) is 11.2. The predicted octanol–water partition coefficient (Wildman–Crippen LogP) is 1.94. The SMILES string of the molecule is N#Cc1ccc(NCC(O)COc2ccc(F)cc2)nc1. The number of aliphatic hydroxyl groups is 1. The average Bonchev–Trinajstić information content (AvgIpc) is 2.53. The van der Waals surface area contributed by atoms with Crippen LogP contribution >= 0.6 is 0 Å². The summed E-state index contributed by atoms with van der Waals surface area (Å²) in [7, 11) is 0. The van der Waals surface area contributed by atoms with Gasteiger partial charge in [0.05, 0.1) is 5.56 Å². The van der Waals surface area contributed by atoms with Crippen molar-refractivity contribution in [3.63, 3.8) is 0 Å². The number of nitrogens with zero attached hydrogens (tertiary/aromatic N) is 2. The molecule has 0 saturated heterocycles. The zero-order chi connectivity index (χ0) is 15.1. The first kappa shape index (κ1) is 14.8. The van der Waals surface area contributed by atoms with Crippen molar-refractivity contribution in [1.29, 1.82) is 5.26 Å². The summed E-state index contributed by atoms with van der Waals surface area (Å²) in [4.78, 5) is 4.02. The van der Waals surface area contributed by atoms with Crippen molar-refractivity contribution in [1.82, 2.24) is 4.98 Å². The molecule has 0 saturated carbocycles. The van der Waals surface area contributed by atoms with Crippen molar-refractivity contribution in [2.45, 2.75) is 6.10 Å². The zero-order valence-electron chi connectivity index (χ0n) is 11.2. The van der Waals surface area contributed by atoms with E-state index in [9.17, 15) is 9.50 Å². The molecule has 1 heterocycles. The maximum atomic E-state index is 12.7. The van der Waals surface area contributed by atoms with Gasteiger partial charge in [0.15, 0.2) is 0 Å². The minimum Gasteiger partial charge on any atom is -0.491 e. The van der Waals surface area contributed by atoms with Gasteiger partial charge in [-0.2, -0.15) is 5.26 Å². The lowest BCUT2D eigenvalue weighted by Gasteiger charge is -2.13. The van der Waals surface area contributed by atoms with Gasteiger partial charge in [-0.3, -0.25) is 0 Å². The average molecular weight is 287 g/mol. The van der Waals surface area contributed by atoms with Gasteiger partial charge in [0.2, 0.25) is 0 Å². The highest BCUT2D eigenvalue weighted by molar-refractivity contribution is 5.38. The first-order chi connectivity index (χ1) is 10.2. The maximum Gasteiger partial charge on any atom is 0.126 e. The van der Waals surface area contributed by atoms with E-state index in [-0.39, 0.29) is 19.0 Å². The van der Waals surface area contributed by atoms with E-state index >= 15 is 0 Å². The summed E-state index contributed by atoms with van der Waals surface area (Å²) in [5.41, 5.74) is 0.473. The number of aromatic nitrogens is 1. The van der Waals surface area contributed by atoms with E-state index in [4.69, 9.17) is 10.00 Å². The van der Waals surface area contributed by atoms with E-state index in [1.807, 2.05) is 6.07 Å². The van der Waals surface area contributed by atoms with E-state index in [0.29, 0.717) is 17.1 Å². The Labute approximate surface area is 121 Å². The van der Waals surface area contributed by atoms with E-state index in [2.05, 4.69) is 10.3 Å². The van der Waals surface area contributed by atoms with Crippen LogP contribution in [0.5, 0.6) is 5.75 Å². The minimum atomic E-state index is -0.743. The number of ether oxygens (including phenoxy) is 1. The highest BCUT2D eigenvalue weighted by atomic mass is 19.1. The van der Waals surface area contributed by atoms with Gasteiger partial charge in [-0.15, -0.1) is 0 Å². The quantitative estimate of drug-likeness (QED) is 0.849. The van der Waals surface area contributed by atoms with Crippen LogP contribution in [0.25, 0.3) is 0 Å². The van der Waals surface area contributed by atoms with Crippen LogP contribution in [0, 0.1) is 17.1 Å². The number of hydrogen-bond donors (Lipinski definition) is 2. The molecule has 0 aliphatic heterocycles. The molecule has 0 radical (unpaired) electrons. The molecule has 5 nitrogen and oxygen atoms in total. The van der Waals surface area contributed by atoms with Crippen LogP contribution in [-0.2, 0) is 0 Å². The fourth-order valence-corrected chi connectivity index (χ4v) is 1.57. The number of nitrogens with one attached hydrogen (secondary N) is 1. The molecule has 1 unspecified atom stereocenters. The predicted molar refractivity (Wildman–Crippen MR) is 75.3 cm³/mol. The molecule has 1 aromatic heterocycles. The van der Waals surface area contributed by atoms with Crippen LogP contribution in [0.2, 0.25) is 0 Å². The number of rotatable bonds is 6. The van der Waals surface area contributed by atoms with Crippen LogP contribution < -0.4 is 10.1 Å².